The molecule has 1 aromatic heterocycles. The first-order valence-corrected chi connectivity index (χ1v) is 6.39. The maximum atomic E-state index is 8.78. The molecular weight excluding hydrogens is 292 g/mol. The van der Waals surface area contributed by atoms with Gasteiger partial charge in [0, 0.05) is 42.6 Å². The molecule has 0 aliphatic rings. The average Bonchev–Trinajstić information content (AvgIpc) is 2.77. The highest BCUT2D eigenvalue weighted by Gasteiger charge is 2.02. The molecule has 0 amide bonds. The number of anilines is 1. The van der Waals surface area contributed by atoms with E-state index in [1.165, 1.54) is 0 Å². The van der Waals surface area contributed by atoms with E-state index in [1.807, 2.05) is 29.9 Å². The summed E-state index contributed by atoms with van der Waals surface area (Å²) in [7, 11) is 1.99. The minimum Gasteiger partial charge on any atom is -0.384 e. The number of hydrogen-bond acceptors (Lipinski definition) is 3. The Morgan fingerprint density at radius 1 is 1.50 bits per heavy atom. The molecule has 5 heteroatoms. The molecule has 1 N–H and O–H groups in total. The number of nitrogens with one attached hydrogen (secondary N) is 1. The molecule has 92 valence electrons. The van der Waals surface area contributed by atoms with Crippen LogP contribution in [0.4, 0.5) is 5.69 Å². The van der Waals surface area contributed by atoms with Crippen LogP contribution in [0.3, 0.4) is 0 Å². The molecular formula is C13H13BrN4. The van der Waals surface area contributed by atoms with Crippen molar-refractivity contribution in [2.45, 2.75) is 6.42 Å². The zero-order chi connectivity index (χ0) is 13.0. The molecule has 0 saturated heterocycles. The van der Waals surface area contributed by atoms with Gasteiger partial charge in [0.05, 0.1) is 11.6 Å². The summed E-state index contributed by atoms with van der Waals surface area (Å²) in [6, 6.07) is 7.62. The third kappa shape index (κ3) is 2.90. The molecule has 0 spiro atoms. The van der Waals surface area contributed by atoms with Crippen molar-refractivity contribution in [1.82, 2.24) is 9.55 Å². The van der Waals surface area contributed by atoms with Crippen LogP contribution < -0.4 is 5.32 Å². The molecule has 0 aliphatic carbocycles. The summed E-state index contributed by atoms with van der Waals surface area (Å²) in [5.74, 6) is 1.05. The van der Waals surface area contributed by atoms with Crippen molar-refractivity contribution in [1.29, 1.82) is 5.26 Å². The second-order valence-electron chi connectivity index (χ2n) is 3.94. The number of nitrogens with zero attached hydrogens (tertiary/aromatic N) is 3. The van der Waals surface area contributed by atoms with E-state index in [0.29, 0.717) is 5.56 Å². The lowest BCUT2D eigenvalue weighted by atomic mass is 10.2. The quantitative estimate of drug-likeness (QED) is 0.945. The van der Waals surface area contributed by atoms with Crippen LogP contribution in [0.15, 0.2) is 35.1 Å². The van der Waals surface area contributed by atoms with Gasteiger partial charge in [0.2, 0.25) is 0 Å². The number of hydrogen-bond donors (Lipinski definition) is 1. The summed E-state index contributed by atoms with van der Waals surface area (Å²) in [5, 5.41) is 12.1. The van der Waals surface area contributed by atoms with Gasteiger partial charge in [0.1, 0.15) is 5.82 Å². The van der Waals surface area contributed by atoms with Gasteiger partial charge >= 0.3 is 0 Å². The van der Waals surface area contributed by atoms with Crippen LogP contribution in [0.25, 0.3) is 0 Å². The van der Waals surface area contributed by atoms with Gasteiger partial charge in [0.15, 0.2) is 0 Å². The average molecular weight is 305 g/mol. The van der Waals surface area contributed by atoms with E-state index < -0.39 is 0 Å². The molecule has 2 aromatic rings. The summed E-state index contributed by atoms with van der Waals surface area (Å²) in [4.78, 5) is 4.26. The van der Waals surface area contributed by atoms with Crippen LogP contribution in [-0.2, 0) is 13.5 Å². The monoisotopic (exact) mass is 304 g/mol. The smallest absolute Gasteiger partial charge is 0.110 e. The van der Waals surface area contributed by atoms with E-state index in [-0.39, 0.29) is 0 Å². The van der Waals surface area contributed by atoms with Gasteiger partial charge in [-0.3, -0.25) is 0 Å². The number of benzene rings is 1. The zero-order valence-electron chi connectivity index (χ0n) is 10.0. The Bertz CT molecular complexity index is 583. The first kappa shape index (κ1) is 12.7. The first-order chi connectivity index (χ1) is 8.70. The second kappa shape index (κ2) is 5.69. The fraction of sp³-hybridized carbons (Fsp3) is 0.231. The molecule has 18 heavy (non-hydrogen) atoms. The minimum atomic E-state index is 0.650. The van der Waals surface area contributed by atoms with Gasteiger partial charge in [0.25, 0.3) is 0 Å². The fourth-order valence-corrected chi connectivity index (χ4v) is 2.19. The number of imidazole rings is 1. The molecule has 0 bridgehead atoms. The lowest BCUT2D eigenvalue weighted by molar-refractivity contribution is 0.789. The summed E-state index contributed by atoms with van der Waals surface area (Å²) < 4.78 is 2.91. The third-order valence-corrected chi connectivity index (χ3v) is 3.34. The number of halogens is 1. The molecule has 0 unspecified atom stereocenters. The molecule has 0 fully saturated rings. The van der Waals surface area contributed by atoms with Crippen LogP contribution >= 0.6 is 15.9 Å². The molecule has 0 aliphatic heterocycles. The van der Waals surface area contributed by atoms with Crippen molar-refractivity contribution in [3.05, 3.63) is 46.5 Å². The predicted molar refractivity (Wildman–Crippen MR) is 74.3 cm³/mol. The van der Waals surface area contributed by atoms with Crippen LogP contribution in [-0.4, -0.2) is 16.1 Å². The molecule has 1 aromatic carbocycles. The van der Waals surface area contributed by atoms with Crippen molar-refractivity contribution in [3.63, 3.8) is 0 Å². The fourth-order valence-electron chi connectivity index (χ4n) is 1.67. The van der Waals surface area contributed by atoms with E-state index in [4.69, 9.17) is 5.26 Å². The van der Waals surface area contributed by atoms with E-state index in [2.05, 4.69) is 32.3 Å². The normalized spacial score (nSPS) is 10.1. The number of rotatable bonds is 4. The van der Waals surface area contributed by atoms with Crippen molar-refractivity contribution in [3.8, 4) is 6.07 Å². The van der Waals surface area contributed by atoms with Gasteiger partial charge in [-0.15, -0.1) is 0 Å². The summed E-state index contributed by atoms with van der Waals surface area (Å²) >= 11 is 3.45. The highest BCUT2D eigenvalue weighted by atomic mass is 79.9. The van der Waals surface area contributed by atoms with Gasteiger partial charge < -0.3 is 9.88 Å². The van der Waals surface area contributed by atoms with Crippen LogP contribution in [0.1, 0.15) is 11.4 Å². The highest BCUT2D eigenvalue weighted by Crippen LogP contribution is 2.23. The van der Waals surface area contributed by atoms with Gasteiger partial charge in [-0.1, -0.05) is 0 Å². The Morgan fingerprint density at radius 2 is 2.33 bits per heavy atom. The highest BCUT2D eigenvalue weighted by molar-refractivity contribution is 9.10. The van der Waals surface area contributed by atoms with Crippen LogP contribution in [0.2, 0.25) is 0 Å². The Balaban J connectivity index is 1.95. The van der Waals surface area contributed by atoms with E-state index >= 15 is 0 Å². The Morgan fingerprint density at radius 3 is 2.94 bits per heavy atom. The predicted octanol–water partition coefficient (Wildman–Crippen LogP) is 2.71. The lowest BCUT2D eigenvalue weighted by Crippen LogP contribution is -2.08. The number of aryl methyl sites for hydroxylation is 1. The van der Waals surface area contributed by atoms with Crippen LogP contribution in [0.5, 0.6) is 0 Å². The molecule has 0 atom stereocenters. The largest absolute Gasteiger partial charge is 0.384 e. The summed E-state index contributed by atoms with van der Waals surface area (Å²) in [6.07, 6.45) is 4.59. The van der Waals surface area contributed by atoms with Gasteiger partial charge in [-0.2, -0.15) is 5.26 Å². The maximum absolute atomic E-state index is 8.78. The lowest BCUT2D eigenvalue weighted by Gasteiger charge is -2.08. The molecule has 0 radical (unpaired) electrons. The van der Waals surface area contributed by atoms with Crippen molar-refractivity contribution < 1.29 is 0 Å². The number of nitriles is 1. The Kier molecular flexibility index (Phi) is 4.00. The summed E-state index contributed by atoms with van der Waals surface area (Å²) in [5.41, 5.74) is 1.64. The molecule has 4 nitrogen and oxygen atoms in total. The van der Waals surface area contributed by atoms with E-state index in [1.54, 1.807) is 12.3 Å². The van der Waals surface area contributed by atoms with E-state index in [0.717, 1.165) is 29.0 Å². The number of aromatic nitrogens is 2. The van der Waals surface area contributed by atoms with E-state index in [9.17, 15) is 0 Å². The van der Waals surface area contributed by atoms with Crippen molar-refractivity contribution >= 4 is 21.6 Å². The molecule has 2 rings (SSSR count). The van der Waals surface area contributed by atoms with Gasteiger partial charge in [-0.05, 0) is 34.1 Å². The molecule has 0 saturated carbocycles. The maximum Gasteiger partial charge on any atom is 0.110 e. The Labute approximate surface area is 114 Å². The SMILES string of the molecule is Cn1ccnc1CCNc1ccc(C#N)cc1Br. The second-order valence-corrected chi connectivity index (χ2v) is 4.79. The minimum absolute atomic E-state index is 0.650. The van der Waals surface area contributed by atoms with Crippen molar-refractivity contribution in [2.24, 2.45) is 7.05 Å². The van der Waals surface area contributed by atoms with Crippen LogP contribution in [0, 0.1) is 11.3 Å². The van der Waals surface area contributed by atoms with Gasteiger partial charge in [-0.25, -0.2) is 4.98 Å². The standard InChI is InChI=1S/C13H13BrN4/c1-18-7-6-17-13(18)4-5-16-12-3-2-10(9-15)8-11(12)14/h2-3,6-8,16H,4-5H2,1H3. The summed E-state index contributed by atoms with van der Waals surface area (Å²) in [6.45, 7) is 0.801. The Hall–Kier alpha value is -1.80. The topological polar surface area (TPSA) is 53.6 Å². The molecule has 1 heterocycles. The zero-order valence-corrected chi connectivity index (χ0v) is 11.6. The first-order valence-electron chi connectivity index (χ1n) is 5.60. The third-order valence-electron chi connectivity index (χ3n) is 2.68. The van der Waals surface area contributed by atoms with Crippen molar-refractivity contribution in [2.75, 3.05) is 11.9 Å².